The number of rotatable bonds is 8. The van der Waals surface area contributed by atoms with Gasteiger partial charge in [0, 0.05) is 25.9 Å². The van der Waals surface area contributed by atoms with E-state index in [1.54, 1.807) is 6.92 Å². The Hall–Kier alpha value is -1.47. The van der Waals surface area contributed by atoms with Crippen molar-refractivity contribution in [1.82, 2.24) is 10.6 Å². The molecule has 0 saturated heterocycles. The Labute approximate surface area is 109 Å². The van der Waals surface area contributed by atoms with Crippen LogP contribution in [0.25, 0.3) is 0 Å². The van der Waals surface area contributed by atoms with Crippen LogP contribution in [0, 0.1) is 5.92 Å². The summed E-state index contributed by atoms with van der Waals surface area (Å²) in [6, 6.07) is -0.538. The summed E-state index contributed by atoms with van der Waals surface area (Å²) in [4.78, 5) is 21.5. The third-order valence-corrected chi connectivity index (χ3v) is 2.38. The number of halogens is 3. The Morgan fingerprint density at radius 3 is 2.42 bits per heavy atom. The number of carbonyl (C=O) groups is 2. The summed E-state index contributed by atoms with van der Waals surface area (Å²) in [6.07, 6.45) is -4.84. The number of hydrogen-bond acceptors (Lipinski definition) is 2. The second-order valence-electron chi connectivity index (χ2n) is 4.39. The molecule has 1 atom stereocenters. The van der Waals surface area contributed by atoms with E-state index < -0.39 is 24.6 Å². The lowest BCUT2D eigenvalue weighted by Gasteiger charge is -2.12. The summed E-state index contributed by atoms with van der Waals surface area (Å²) in [7, 11) is 0. The zero-order valence-electron chi connectivity index (χ0n) is 10.7. The molecule has 0 heterocycles. The largest absolute Gasteiger partial charge is 0.481 e. The van der Waals surface area contributed by atoms with Crippen LogP contribution in [0.5, 0.6) is 0 Å². The summed E-state index contributed by atoms with van der Waals surface area (Å²) in [5.74, 6) is -0.902. The zero-order chi connectivity index (χ0) is 14.9. The normalized spacial score (nSPS) is 12.8. The first-order valence-electron chi connectivity index (χ1n) is 6.01. The van der Waals surface area contributed by atoms with E-state index in [0.717, 1.165) is 0 Å². The molecule has 19 heavy (non-hydrogen) atoms. The van der Waals surface area contributed by atoms with E-state index >= 15 is 0 Å². The quantitative estimate of drug-likeness (QED) is 0.597. The van der Waals surface area contributed by atoms with E-state index in [4.69, 9.17) is 5.11 Å². The van der Waals surface area contributed by atoms with Gasteiger partial charge in [0.1, 0.15) is 0 Å². The first kappa shape index (κ1) is 17.5. The fourth-order valence-electron chi connectivity index (χ4n) is 1.29. The molecule has 3 N–H and O–H groups in total. The molecule has 0 aromatic rings. The number of carboxylic acid groups (broad SMARTS) is 1. The van der Waals surface area contributed by atoms with Crippen LogP contribution in [0.15, 0.2) is 0 Å². The molecule has 0 aromatic carbocycles. The average molecular weight is 284 g/mol. The molecule has 1 unspecified atom stereocenters. The third kappa shape index (κ3) is 12.8. The molecule has 0 fully saturated rings. The topological polar surface area (TPSA) is 78.4 Å². The molecule has 8 heteroatoms. The number of amides is 2. The minimum Gasteiger partial charge on any atom is -0.481 e. The van der Waals surface area contributed by atoms with Crippen molar-refractivity contribution in [3.8, 4) is 0 Å². The van der Waals surface area contributed by atoms with Crippen molar-refractivity contribution in [1.29, 1.82) is 0 Å². The lowest BCUT2D eigenvalue weighted by atomic mass is 10.1. The van der Waals surface area contributed by atoms with Gasteiger partial charge in [0.05, 0.1) is 0 Å². The van der Waals surface area contributed by atoms with Gasteiger partial charge in [-0.15, -0.1) is 0 Å². The second-order valence-corrected chi connectivity index (χ2v) is 4.39. The average Bonchev–Trinajstić information content (AvgIpc) is 2.28. The number of carbonyl (C=O) groups excluding carboxylic acids is 1. The predicted molar refractivity (Wildman–Crippen MR) is 62.7 cm³/mol. The highest BCUT2D eigenvalue weighted by molar-refractivity contribution is 5.73. The maximum Gasteiger partial charge on any atom is 0.389 e. The molecule has 0 aliphatic carbocycles. The highest BCUT2D eigenvalue weighted by atomic mass is 19.4. The van der Waals surface area contributed by atoms with E-state index in [1.165, 1.54) is 0 Å². The summed E-state index contributed by atoms with van der Waals surface area (Å²) in [5.41, 5.74) is 0. The lowest BCUT2D eigenvalue weighted by Crippen LogP contribution is -2.38. The van der Waals surface area contributed by atoms with Gasteiger partial charge in [-0.3, -0.25) is 4.79 Å². The number of urea groups is 1. The summed E-state index contributed by atoms with van der Waals surface area (Å²) >= 11 is 0. The molecule has 0 bridgehead atoms. The van der Waals surface area contributed by atoms with Gasteiger partial charge < -0.3 is 15.7 Å². The first-order valence-corrected chi connectivity index (χ1v) is 6.01. The van der Waals surface area contributed by atoms with E-state index in [0.29, 0.717) is 13.0 Å². The maximum atomic E-state index is 11.8. The van der Waals surface area contributed by atoms with Crippen molar-refractivity contribution in [3.63, 3.8) is 0 Å². The molecular weight excluding hydrogens is 265 g/mol. The summed E-state index contributed by atoms with van der Waals surface area (Å²) in [5, 5.41) is 13.2. The molecule has 0 rings (SSSR count). The molecule has 0 radical (unpaired) electrons. The van der Waals surface area contributed by atoms with Crippen LogP contribution < -0.4 is 10.6 Å². The van der Waals surface area contributed by atoms with Crippen LogP contribution >= 0.6 is 0 Å². The molecule has 0 saturated carbocycles. The van der Waals surface area contributed by atoms with E-state index in [2.05, 4.69) is 10.6 Å². The minimum atomic E-state index is -4.20. The van der Waals surface area contributed by atoms with Gasteiger partial charge in [-0.05, 0) is 18.8 Å². The molecule has 0 aliphatic heterocycles. The van der Waals surface area contributed by atoms with Gasteiger partial charge in [0.25, 0.3) is 0 Å². The van der Waals surface area contributed by atoms with Crippen molar-refractivity contribution in [2.24, 2.45) is 5.92 Å². The molecule has 0 aliphatic rings. The SMILES string of the molecule is CC(CCC(=O)O)CNC(=O)NCCCC(F)(F)F. The number of hydrogen-bond donors (Lipinski definition) is 3. The zero-order valence-corrected chi connectivity index (χ0v) is 10.7. The van der Waals surface area contributed by atoms with Crippen LogP contribution in [0.4, 0.5) is 18.0 Å². The molecule has 0 aromatic heterocycles. The van der Waals surface area contributed by atoms with Crippen molar-refractivity contribution < 1.29 is 27.9 Å². The Bertz CT molecular complexity index is 295. The van der Waals surface area contributed by atoms with Gasteiger partial charge in [0.2, 0.25) is 0 Å². The highest BCUT2D eigenvalue weighted by Gasteiger charge is 2.25. The van der Waals surface area contributed by atoms with E-state index in [-0.39, 0.29) is 25.3 Å². The van der Waals surface area contributed by atoms with Crippen LogP contribution in [-0.2, 0) is 4.79 Å². The van der Waals surface area contributed by atoms with Crippen LogP contribution in [0.3, 0.4) is 0 Å². The van der Waals surface area contributed by atoms with Gasteiger partial charge in [0.15, 0.2) is 0 Å². The van der Waals surface area contributed by atoms with Crippen LogP contribution in [0.2, 0.25) is 0 Å². The highest BCUT2D eigenvalue weighted by Crippen LogP contribution is 2.20. The third-order valence-electron chi connectivity index (χ3n) is 2.38. The Morgan fingerprint density at radius 2 is 1.89 bits per heavy atom. The van der Waals surface area contributed by atoms with Crippen LogP contribution in [-0.4, -0.2) is 36.4 Å². The van der Waals surface area contributed by atoms with Gasteiger partial charge in [-0.2, -0.15) is 13.2 Å². The van der Waals surface area contributed by atoms with Gasteiger partial charge >= 0.3 is 18.2 Å². The number of carboxylic acids is 1. The predicted octanol–water partition coefficient (Wildman–Crippen LogP) is 2.13. The number of alkyl halides is 3. The molecular formula is C11H19F3N2O3. The Morgan fingerprint density at radius 1 is 1.26 bits per heavy atom. The van der Waals surface area contributed by atoms with E-state index in [9.17, 15) is 22.8 Å². The van der Waals surface area contributed by atoms with Crippen LogP contribution in [0.1, 0.15) is 32.6 Å². The Balaban J connectivity index is 3.56. The maximum absolute atomic E-state index is 11.8. The van der Waals surface area contributed by atoms with Gasteiger partial charge in [-0.25, -0.2) is 4.79 Å². The van der Waals surface area contributed by atoms with E-state index in [1.807, 2.05) is 0 Å². The lowest BCUT2D eigenvalue weighted by molar-refractivity contribution is -0.137. The summed E-state index contributed by atoms with van der Waals surface area (Å²) in [6.45, 7) is 2.03. The van der Waals surface area contributed by atoms with Crippen molar-refractivity contribution in [2.45, 2.75) is 38.8 Å². The fraction of sp³-hybridized carbons (Fsp3) is 0.818. The number of aliphatic carboxylic acids is 1. The molecule has 5 nitrogen and oxygen atoms in total. The van der Waals surface area contributed by atoms with Crippen molar-refractivity contribution in [2.75, 3.05) is 13.1 Å². The molecule has 0 spiro atoms. The smallest absolute Gasteiger partial charge is 0.389 e. The van der Waals surface area contributed by atoms with Crippen molar-refractivity contribution >= 4 is 12.0 Å². The molecule has 112 valence electrons. The molecule has 2 amide bonds. The number of nitrogens with one attached hydrogen (secondary N) is 2. The second kappa shape index (κ2) is 8.60. The minimum absolute atomic E-state index is 0.00275. The van der Waals surface area contributed by atoms with Gasteiger partial charge in [-0.1, -0.05) is 6.92 Å². The fourth-order valence-corrected chi connectivity index (χ4v) is 1.29. The Kier molecular flexibility index (Phi) is 7.94. The monoisotopic (exact) mass is 284 g/mol. The standard InChI is InChI=1S/C11H19F3N2O3/c1-8(3-4-9(17)18)7-16-10(19)15-6-2-5-11(12,13)14/h8H,2-7H2,1H3,(H,17,18)(H2,15,16,19). The van der Waals surface area contributed by atoms with Crippen molar-refractivity contribution in [3.05, 3.63) is 0 Å². The summed E-state index contributed by atoms with van der Waals surface area (Å²) < 4.78 is 35.4. The first-order chi connectivity index (χ1) is 8.70.